The summed E-state index contributed by atoms with van der Waals surface area (Å²) in [6, 6.07) is 3.60. The zero-order valence-electron chi connectivity index (χ0n) is 13.7. The van der Waals surface area contributed by atoms with E-state index in [1.54, 1.807) is 19.1 Å². The van der Waals surface area contributed by atoms with Crippen molar-refractivity contribution < 1.29 is 14.4 Å². The van der Waals surface area contributed by atoms with E-state index >= 15 is 0 Å². The molecule has 0 radical (unpaired) electrons. The summed E-state index contributed by atoms with van der Waals surface area (Å²) < 4.78 is 0. The van der Waals surface area contributed by atoms with E-state index in [0.29, 0.717) is 19.3 Å². The molecule has 1 unspecified atom stereocenters. The van der Waals surface area contributed by atoms with E-state index in [2.05, 4.69) is 5.32 Å². The maximum absolute atomic E-state index is 12.8. The van der Waals surface area contributed by atoms with Crippen LogP contribution >= 0.6 is 0 Å². The van der Waals surface area contributed by atoms with Gasteiger partial charge < -0.3 is 10.1 Å². The van der Waals surface area contributed by atoms with Crippen molar-refractivity contribution in [1.29, 1.82) is 0 Å². The molecule has 22 heavy (non-hydrogen) atoms. The summed E-state index contributed by atoms with van der Waals surface area (Å²) in [5, 5.41) is 2.81. The van der Waals surface area contributed by atoms with Crippen molar-refractivity contribution in [2.24, 2.45) is 5.41 Å². The minimum atomic E-state index is -0.465. The lowest BCUT2D eigenvalue weighted by Gasteiger charge is -2.25. The number of amides is 1. The topological polar surface area (TPSA) is 63.2 Å². The van der Waals surface area contributed by atoms with Crippen molar-refractivity contribution in [3.8, 4) is 0 Å². The summed E-state index contributed by atoms with van der Waals surface area (Å²) in [5.41, 5.74) is 3.02. The summed E-state index contributed by atoms with van der Waals surface area (Å²) in [4.78, 5) is 35.4. The zero-order valence-corrected chi connectivity index (χ0v) is 13.7. The molecule has 1 amide bonds. The SMILES string of the molecule is CCC1(CCC(C)=O)Cc2c(ccc(NC(C)=O)c2C)C1=O. The van der Waals surface area contributed by atoms with E-state index in [9.17, 15) is 14.4 Å². The Bertz CT molecular complexity index is 648. The molecule has 0 aliphatic heterocycles. The number of ketones is 2. The highest BCUT2D eigenvalue weighted by Gasteiger charge is 2.44. The fourth-order valence-electron chi connectivity index (χ4n) is 3.31. The van der Waals surface area contributed by atoms with Crippen molar-refractivity contribution in [3.05, 3.63) is 28.8 Å². The van der Waals surface area contributed by atoms with Crippen molar-refractivity contribution in [2.45, 2.75) is 53.4 Å². The molecular formula is C18H23NO3. The van der Waals surface area contributed by atoms with E-state index in [1.807, 2.05) is 13.8 Å². The Morgan fingerprint density at radius 1 is 1.27 bits per heavy atom. The lowest BCUT2D eigenvalue weighted by atomic mass is 9.76. The van der Waals surface area contributed by atoms with Gasteiger partial charge in [0.25, 0.3) is 0 Å². The van der Waals surface area contributed by atoms with Gasteiger partial charge in [0.2, 0.25) is 5.91 Å². The first-order chi connectivity index (χ1) is 10.3. The number of carbonyl (C=O) groups excluding carboxylic acids is 3. The van der Waals surface area contributed by atoms with Crippen molar-refractivity contribution in [3.63, 3.8) is 0 Å². The third kappa shape index (κ3) is 2.82. The third-order valence-corrected chi connectivity index (χ3v) is 4.78. The van der Waals surface area contributed by atoms with Crippen LogP contribution in [-0.4, -0.2) is 17.5 Å². The van der Waals surface area contributed by atoms with Gasteiger partial charge in [-0.1, -0.05) is 6.92 Å². The van der Waals surface area contributed by atoms with Gasteiger partial charge in [-0.3, -0.25) is 9.59 Å². The quantitative estimate of drug-likeness (QED) is 0.906. The highest BCUT2D eigenvalue weighted by Crippen LogP contribution is 2.45. The molecule has 2 rings (SSSR count). The second-order valence-electron chi connectivity index (χ2n) is 6.29. The molecule has 4 nitrogen and oxygen atoms in total. The summed E-state index contributed by atoms with van der Waals surface area (Å²) in [6.07, 6.45) is 2.42. The number of benzene rings is 1. The van der Waals surface area contributed by atoms with Crippen LogP contribution in [0.25, 0.3) is 0 Å². The molecule has 1 N–H and O–H groups in total. The van der Waals surface area contributed by atoms with E-state index in [-0.39, 0.29) is 17.5 Å². The molecule has 0 heterocycles. The van der Waals surface area contributed by atoms with Crippen LogP contribution in [0.4, 0.5) is 5.69 Å². The molecule has 1 aliphatic rings. The summed E-state index contributed by atoms with van der Waals surface area (Å²) >= 11 is 0. The van der Waals surface area contributed by atoms with E-state index < -0.39 is 5.41 Å². The molecule has 118 valence electrons. The number of carbonyl (C=O) groups is 3. The van der Waals surface area contributed by atoms with Gasteiger partial charge in [-0.2, -0.15) is 0 Å². The monoisotopic (exact) mass is 301 g/mol. The van der Waals surface area contributed by atoms with E-state index in [4.69, 9.17) is 0 Å². The Morgan fingerprint density at radius 2 is 1.95 bits per heavy atom. The number of nitrogens with one attached hydrogen (secondary N) is 1. The number of rotatable bonds is 5. The molecule has 0 spiro atoms. The Hall–Kier alpha value is -1.97. The van der Waals surface area contributed by atoms with E-state index in [0.717, 1.165) is 28.8 Å². The van der Waals surface area contributed by atoms with Crippen LogP contribution in [-0.2, 0) is 16.0 Å². The maximum Gasteiger partial charge on any atom is 0.221 e. The lowest BCUT2D eigenvalue weighted by Crippen LogP contribution is -2.28. The van der Waals surface area contributed by atoms with Gasteiger partial charge in [0, 0.05) is 30.0 Å². The first kappa shape index (κ1) is 16.4. The lowest BCUT2D eigenvalue weighted by molar-refractivity contribution is -0.117. The van der Waals surface area contributed by atoms with Gasteiger partial charge in [0.1, 0.15) is 5.78 Å². The number of anilines is 1. The first-order valence-electron chi connectivity index (χ1n) is 7.75. The predicted octanol–water partition coefficient (Wildman–Crippen LogP) is 3.46. The smallest absolute Gasteiger partial charge is 0.221 e. The minimum absolute atomic E-state index is 0.118. The molecule has 0 fully saturated rings. The molecule has 1 aromatic rings. The standard InChI is InChI=1S/C18H23NO3/c1-5-18(9-8-11(2)20)10-15-12(3)16(19-13(4)21)7-6-14(15)17(18)22/h6-7H,5,8-10H2,1-4H3,(H,19,21). The van der Waals surface area contributed by atoms with Crippen molar-refractivity contribution in [1.82, 2.24) is 0 Å². The van der Waals surface area contributed by atoms with Crippen LogP contribution in [0, 0.1) is 12.3 Å². The minimum Gasteiger partial charge on any atom is -0.326 e. The third-order valence-electron chi connectivity index (χ3n) is 4.78. The van der Waals surface area contributed by atoms with Crippen LogP contribution < -0.4 is 5.32 Å². The molecule has 1 atom stereocenters. The van der Waals surface area contributed by atoms with Gasteiger partial charge >= 0.3 is 0 Å². The van der Waals surface area contributed by atoms with Crippen LogP contribution in [0.1, 0.15) is 61.5 Å². The van der Waals surface area contributed by atoms with E-state index in [1.165, 1.54) is 6.92 Å². The Labute approximate surface area is 131 Å². The fraction of sp³-hybridized carbons (Fsp3) is 0.500. The Morgan fingerprint density at radius 3 is 2.50 bits per heavy atom. The van der Waals surface area contributed by atoms with Crippen molar-refractivity contribution in [2.75, 3.05) is 5.32 Å². The largest absolute Gasteiger partial charge is 0.326 e. The molecule has 0 saturated carbocycles. The molecule has 0 bridgehead atoms. The predicted molar refractivity (Wildman–Crippen MR) is 86.2 cm³/mol. The number of fused-ring (bicyclic) bond motifs is 1. The molecule has 1 aliphatic carbocycles. The number of Topliss-reactive ketones (excluding diaryl/α,β-unsaturated/α-hetero) is 2. The number of hydrogen-bond donors (Lipinski definition) is 1. The van der Waals surface area contributed by atoms with Crippen molar-refractivity contribution >= 4 is 23.2 Å². The summed E-state index contributed by atoms with van der Waals surface area (Å²) in [5.74, 6) is 0.140. The van der Waals surface area contributed by atoms with Gasteiger partial charge in [0.05, 0.1) is 0 Å². The van der Waals surface area contributed by atoms with Gasteiger partial charge in [-0.15, -0.1) is 0 Å². The fourth-order valence-corrected chi connectivity index (χ4v) is 3.31. The van der Waals surface area contributed by atoms with Crippen LogP contribution in [0.15, 0.2) is 12.1 Å². The zero-order chi connectivity index (χ0) is 16.5. The van der Waals surface area contributed by atoms with Crippen LogP contribution in [0.3, 0.4) is 0 Å². The molecule has 0 saturated heterocycles. The summed E-state index contributed by atoms with van der Waals surface area (Å²) in [6.45, 7) is 6.99. The van der Waals surface area contributed by atoms with Gasteiger partial charge in [0.15, 0.2) is 5.78 Å². The molecule has 0 aromatic heterocycles. The highest BCUT2D eigenvalue weighted by atomic mass is 16.1. The van der Waals surface area contributed by atoms with Gasteiger partial charge in [-0.25, -0.2) is 0 Å². The average Bonchev–Trinajstić information content (AvgIpc) is 2.74. The second-order valence-corrected chi connectivity index (χ2v) is 6.29. The van der Waals surface area contributed by atoms with Gasteiger partial charge in [-0.05, 0) is 56.4 Å². The van der Waals surface area contributed by atoms with Crippen LogP contribution in [0.5, 0.6) is 0 Å². The summed E-state index contributed by atoms with van der Waals surface area (Å²) in [7, 11) is 0. The maximum atomic E-state index is 12.8. The van der Waals surface area contributed by atoms with Crippen LogP contribution in [0.2, 0.25) is 0 Å². The number of hydrogen-bond acceptors (Lipinski definition) is 3. The second kappa shape index (κ2) is 6.03. The average molecular weight is 301 g/mol. The molecule has 1 aromatic carbocycles. The molecular weight excluding hydrogens is 278 g/mol. The normalized spacial score (nSPS) is 19.9. The Balaban J connectivity index is 2.39. The first-order valence-corrected chi connectivity index (χ1v) is 7.75. The highest BCUT2D eigenvalue weighted by molar-refractivity contribution is 6.06. The molecule has 4 heteroatoms. The Kier molecular flexibility index (Phi) is 4.50.